The van der Waals surface area contributed by atoms with E-state index in [0.717, 1.165) is 0 Å². The molecule has 0 radical (unpaired) electrons. The fourth-order valence-corrected chi connectivity index (χ4v) is 1.00. The lowest BCUT2D eigenvalue weighted by Crippen LogP contribution is -2.22. The molecule has 2 unspecified atom stereocenters. The number of pyridine rings is 1. The molecular weight excluding hydrogens is 184 g/mol. The van der Waals surface area contributed by atoms with E-state index >= 15 is 0 Å². The van der Waals surface area contributed by atoms with Crippen molar-refractivity contribution in [3.8, 4) is 6.07 Å². The zero-order valence-electron chi connectivity index (χ0n) is 7.33. The predicted molar refractivity (Wildman–Crippen MR) is 47.0 cm³/mol. The summed E-state index contributed by atoms with van der Waals surface area (Å²) in [6, 6.07) is 3.27. The van der Waals surface area contributed by atoms with E-state index in [-0.39, 0.29) is 0 Å². The normalized spacial score (nSPS) is 14.4. The van der Waals surface area contributed by atoms with Gasteiger partial charge in [0.15, 0.2) is 0 Å². The second kappa shape index (κ2) is 4.67. The van der Waals surface area contributed by atoms with E-state index in [9.17, 15) is 5.11 Å². The molecule has 74 valence electrons. The van der Waals surface area contributed by atoms with Gasteiger partial charge in [-0.25, -0.2) is 0 Å². The average molecular weight is 194 g/mol. The van der Waals surface area contributed by atoms with Gasteiger partial charge in [0, 0.05) is 18.0 Å². The Hall–Kier alpha value is -1.48. The Balaban J connectivity index is 2.91. The molecule has 5 nitrogen and oxygen atoms in total. The van der Waals surface area contributed by atoms with E-state index in [1.807, 2.05) is 6.07 Å². The van der Waals surface area contributed by atoms with E-state index in [4.69, 9.17) is 15.5 Å². The van der Waals surface area contributed by atoms with Crippen LogP contribution in [0.3, 0.4) is 0 Å². The summed E-state index contributed by atoms with van der Waals surface area (Å²) in [6.45, 7) is -0.544. The van der Waals surface area contributed by atoms with E-state index in [1.165, 1.54) is 18.5 Å². The zero-order valence-corrected chi connectivity index (χ0v) is 7.33. The smallest absolute Gasteiger partial charge is 0.109 e. The lowest BCUT2D eigenvalue weighted by molar-refractivity contribution is -0.0154. The van der Waals surface area contributed by atoms with Crippen LogP contribution >= 0.6 is 0 Å². The van der Waals surface area contributed by atoms with Gasteiger partial charge in [0.2, 0.25) is 0 Å². The molecule has 5 heteroatoms. The molecule has 1 heterocycles. The number of aromatic nitrogens is 1. The maximum atomic E-state index is 9.45. The van der Waals surface area contributed by atoms with E-state index < -0.39 is 18.8 Å². The number of aliphatic hydroxyl groups is 3. The molecule has 0 aliphatic rings. The van der Waals surface area contributed by atoms with Gasteiger partial charge in [-0.05, 0) is 6.07 Å². The van der Waals surface area contributed by atoms with Crippen LogP contribution in [0.2, 0.25) is 0 Å². The van der Waals surface area contributed by atoms with Crippen molar-refractivity contribution in [1.29, 1.82) is 5.26 Å². The first-order valence-corrected chi connectivity index (χ1v) is 4.01. The number of rotatable bonds is 3. The Morgan fingerprint density at radius 2 is 2.14 bits per heavy atom. The quantitative estimate of drug-likeness (QED) is 0.593. The molecule has 3 N–H and O–H groups in total. The van der Waals surface area contributed by atoms with Crippen LogP contribution in [0.4, 0.5) is 0 Å². The minimum Gasteiger partial charge on any atom is -0.394 e. The molecule has 1 aromatic heterocycles. The van der Waals surface area contributed by atoms with Crippen molar-refractivity contribution in [3.63, 3.8) is 0 Å². The summed E-state index contributed by atoms with van der Waals surface area (Å²) in [6.07, 6.45) is 0.206. The van der Waals surface area contributed by atoms with Crippen molar-refractivity contribution in [3.05, 3.63) is 29.6 Å². The number of hydrogen-bond donors (Lipinski definition) is 3. The van der Waals surface area contributed by atoms with Crippen LogP contribution in [0.5, 0.6) is 0 Å². The average Bonchev–Trinajstić information content (AvgIpc) is 2.27. The van der Waals surface area contributed by atoms with Crippen LogP contribution < -0.4 is 0 Å². The third-order valence-electron chi connectivity index (χ3n) is 1.78. The molecule has 0 aromatic carbocycles. The molecule has 1 rings (SSSR count). The third-order valence-corrected chi connectivity index (χ3v) is 1.78. The van der Waals surface area contributed by atoms with Gasteiger partial charge in [0.05, 0.1) is 12.2 Å². The zero-order chi connectivity index (χ0) is 10.6. The summed E-state index contributed by atoms with van der Waals surface area (Å²) in [5.41, 5.74) is 0.609. The molecule has 0 aliphatic heterocycles. The van der Waals surface area contributed by atoms with Crippen molar-refractivity contribution in [1.82, 2.24) is 4.98 Å². The van der Waals surface area contributed by atoms with E-state index in [0.29, 0.717) is 11.1 Å². The molecule has 1 aromatic rings. The molecule has 0 spiro atoms. The van der Waals surface area contributed by atoms with Gasteiger partial charge in [0.1, 0.15) is 18.3 Å². The number of aliphatic hydroxyl groups excluding tert-OH is 3. The maximum absolute atomic E-state index is 9.45. The van der Waals surface area contributed by atoms with Crippen molar-refractivity contribution >= 4 is 0 Å². The molecule has 0 amide bonds. The lowest BCUT2D eigenvalue weighted by atomic mass is 10.1. The van der Waals surface area contributed by atoms with Crippen LogP contribution in [0.1, 0.15) is 17.2 Å². The van der Waals surface area contributed by atoms with Gasteiger partial charge < -0.3 is 15.3 Å². The third kappa shape index (κ3) is 2.26. The van der Waals surface area contributed by atoms with Gasteiger partial charge in [-0.3, -0.25) is 4.98 Å². The SMILES string of the molecule is N#Cc1cncc(C(O)C(O)CO)c1. The highest BCUT2D eigenvalue weighted by atomic mass is 16.4. The Morgan fingerprint density at radius 1 is 1.43 bits per heavy atom. The van der Waals surface area contributed by atoms with Crippen molar-refractivity contribution < 1.29 is 15.3 Å². The Bertz CT molecular complexity index is 348. The minimum absolute atomic E-state index is 0.298. The Kier molecular flexibility index (Phi) is 3.54. The minimum atomic E-state index is -1.26. The first kappa shape index (κ1) is 10.6. The van der Waals surface area contributed by atoms with Gasteiger partial charge in [-0.15, -0.1) is 0 Å². The van der Waals surface area contributed by atoms with Crippen LogP contribution in [0.15, 0.2) is 18.5 Å². The number of nitrogens with zero attached hydrogens (tertiary/aromatic N) is 2. The van der Waals surface area contributed by atoms with Crippen molar-refractivity contribution in [2.75, 3.05) is 6.61 Å². The number of nitriles is 1. The second-order valence-corrected chi connectivity index (χ2v) is 2.81. The first-order chi connectivity index (χ1) is 6.69. The molecule has 0 bridgehead atoms. The van der Waals surface area contributed by atoms with Gasteiger partial charge in [-0.2, -0.15) is 5.26 Å². The molecular formula is C9H10N2O3. The van der Waals surface area contributed by atoms with Gasteiger partial charge >= 0.3 is 0 Å². The summed E-state index contributed by atoms with van der Waals surface area (Å²) in [7, 11) is 0. The Morgan fingerprint density at radius 3 is 2.71 bits per heavy atom. The number of hydrogen-bond acceptors (Lipinski definition) is 5. The van der Waals surface area contributed by atoms with Gasteiger partial charge in [0.25, 0.3) is 0 Å². The summed E-state index contributed by atoms with van der Waals surface area (Å²) in [5.74, 6) is 0. The molecule has 0 fully saturated rings. The topological polar surface area (TPSA) is 97.4 Å². The fourth-order valence-electron chi connectivity index (χ4n) is 1.00. The van der Waals surface area contributed by atoms with Crippen molar-refractivity contribution in [2.45, 2.75) is 12.2 Å². The summed E-state index contributed by atoms with van der Waals surface area (Å²) in [4.78, 5) is 3.72. The highest BCUT2D eigenvalue weighted by Gasteiger charge is 2.17. The molecule has 0 saturated carbocycles. The lowest BCUT2D eigenvalue weighted by Gasteiger charge is -2.15. The van der Waals surface area contributed by atoms with Crippen LogP contribution in [0.25, 0.3) is 0 Å². The maximum Gasteiger partial charge on any atom is 0.109 e. The highest BCUT2D eigenvalue weighted by molar-refractivity contribution is 5.30. The fraction of sp³-hybridized carbons (Fsp3) is 0.333. The summed E-state index contributed by atoms with van der Waals surface area (Å²) in [5, 5.41) is 35.7. The predicted octanol–water partition coefficient (Wildman–Crippen LogP) is -0.660. The van der Waals surface area contributed by atoms with Crippen LogP contribution in [-0.2, 0) is 0 Å². The van der Waals surface area contributed by atoms with Crippen LogP contribution in [0, 0.1) is 11.3 Å². The molecule has 0 aliphatic carbocycles. The molecule has 2 atom stereocenters. The van der Waals surface area contributed by atoms with Crippen molar-refractivity contribution in [2.24, 2.45) is 0 Å². The summed E-state index contributed by atoms with van der Waals surface area (Å²) < 4.78 is 0. The first-order valence-electron chi connectivity index (χ1n) is 4.01. The standard InChI is InChI=1S/C9H10N2O3/c10-2-6-1-7(4-11-3-6)9(14)8(13)5-12/h1,3-4,8-9,12-14H,5H2. The van der Waals surface area contributed by atoms with E-state index in [1.54, 1.807) is 0 Å². The largest absolute Gasteiger partial charge is 0.394 e. The Labute approximate surface area is 80.9 Å². The molecule has 14 heavy (non-hydrogen) atoms. The van der Waals surface area contributed by atoms with Crippen LogP contribution in [-0.4, -0.2) is 33.0 Å². The highest BCUT2D eigenvalue weighted by Crippen LogP contribution is 2.16. The van der Waals surface area contributed by atoms with Gasteiger partial charge in [-0.1, -0.05) is 0 Å². The summed E-state index contributed by atoms with van der Waals surface area (Å²) >= 11 is 0. The monoisotopic (exact) mass is 194 g/mol. The molecule has 0 saturated heterocycles. The van der Waals surface area contributed by atoms with E-state index in [2.05, 4.69) is 4.98 Å². The second-order valence-electron chi connectivity index (χ2n) is 2.81.